The number of fused-ring (bicyclic) bond motifs is 1. The Kier molecular flexibility index (Phi) is 3.81. The Labute approximate surface area is 142 Å². The summed E-state index contributed by atoms with van der Waals surface area (Å²) in [6.45, 7) is 5.55. The zero-order chi connectivity index (χ0) is 17.6. The number of aromatic carboxylic acids is 1. The fourth-order valence-electron chi connectivity index (χ4n) is 2.71. The Morgan fingerprint density at radius 1 is 1.25 bits per heavy atom. The van der Waals surface area contributed by atoms with E-state index in [4.69, 9.17) is 12.2 Å². The predicted molar refractivity (Wildman–Crippen MR) is 93.7 cm³/mol. The molecule has 0 bridgehead atoms. The van der Waals surface area contributed by atoms with Crippen LogP contribution in [0.4, 0.5) is 0 Å². The van der Waals surface area contributed by atoms with Gasteiger partial charge in [0.05, 0.1) is 16.6 Å². The number of nitrogens with one attached hydrogen (secondary N) is 1. The normalized spacial score (nSPS) is 11.0. The van der Waals surface area contributed by atoms with Crippen LogP contribution in [0.3, 0.4) is 0 Å². The van der Waals surface area contributed by atoms with Crippen molar-refractivity contribution in [1.82, 2.24) is 14.5 Å². The van der Waals surface area contributed by atoms with E-state index in [0.717, 1.165) is 16.8 Å². The number of benzene rings is 1. The van der Waals surface area contributed by atoms with Gasteiger partial charge in [-0.05, 0) is 56.2 Å². The van der Waals surface area contributed by atoms with Crippen molar-refractivity contribution in [3.05, 3.63) is 61.8 Å². The van der Waals surface area contributed by atoms with Gasteiger partial charge in [0.15, 0.2) is 10.4 Å². The number of aromatic nitrogens is 3. The number of hydrogen-bond acceptors (Lipinski definition) is 4. The van der Waals surface area contributed by atoms with Crippen LogP contribution in [-0.2, 0) is 0 Å². The number of carboxylic acid groups (broad SMARTS) is 1. The molecule has 0 saturated carbocycles. The van der Waals surface area contributed by atoms with Gasteiger partial charge in [0.25, 0.3) is 5.56 Å². The number of aromatic amines is 1. The van der Waals surface area contributed by atoms with E-state index in [2.05, 4.69) is 9.97 Å². The monoisotopic (exact) mass is 341 g/mol. The first-order valence-corrected chi connectivity index (χ1v) is 7.68. The van der Waals surface area contributed by atoms with E-state index in [0.29, 0.717) is 5.69 Å². The van der Waals surface area contributed by atoms with Gasteiger partial charge in [0.2, 0.25) is 0 Å². The molecule has 0 radical (unpaired) electrons. The molecule has 2 aromatic heterocycles. The zero-order valence-corrected chi connectivity index (χ0v) is 14.2. The number of carbonyl (C=O) groups is 1. The maximum absolute atomic E-state index is 12.3. The topological polar surface area (TPSA) is 88.0 Å². The lowest BCUT2D eigenvalue weighted by atomic mass is 10.1. The number of H-pyrrole nitrogens is 1. The fourth-order valence-corrected chi connectivity index (χ4v) is 2.98. The average molecular weight is 341 g/mol. The average Bonchev–Trinajstić information content (AvgIpc) is 2.49. The van der Waals surface area contributed by atoms with Crippen LogP contribution in [0.15, 0.2) is 29.1 Å². The van der Waals surface area contributed by atoms with Crippen LogP contribution in [-0.4, -0.2) is 25.6 Å². The van der Waals surface area contributed by atoms with Crippen LogP contribution in [0.2, 0.25) is 0 Å². The van der Waals surface area contributed by atoms with Gasteiger partial charge < -0.3 is 5.11 Å². The number of aryl methyl sites for hydroxylation is 3. The molecule has 0 saturated heterocycles. The Morgan fingerprint density at radius 3 is 2.62 bits per heavy atom. The van der Waals surface area contributed by atoms with E-state index in [-0.39, 0.29) is 21.4 Å². The highest BCUT2D eigenvalue weighted by molar-refractivity contribution is 7.71. The van der Waals surface area contributed by atoms with Crippen molar-refractivity contribution in [2.45, 2.75) is 20.8 Å². The molecule has 3 rings (SSSR count). The van der Waals surface area contributed by atoms with E-state index in [1.165, 1.54) is 6.07 Å². The highest BCUT2D eigenvalue weighted by Gasteiger charge is 2.18. The highest BCUT2D eigenvalue weighted by Crippen LogP contribution is 2.22. The van der Waals surface area contributed by atoms with E-state index in [1.54, 1.807) is 11.5 Å². The van der Waals surface area contributed by atoms with Gasteiger partial charge in [0.1, 0.15) is 0 Å². The fraction of sp³-hybridized carbons (Fsp3) is 0.176. The number of pyridine rings is 1. The van der Waals surface area contributed by atoms with E-state index in [9.17, 15) is 14.7 Å². The summed E-state index contributed by atoms with van der Waals surface area (Å²) >= 11 is 5.32. The molecule has 2 N–H and O–H groups in total. The smallest absolute Gasteiger partial charge is 0.336 e. The molecule has 0 aliphatic heterocycles. The van der Waals surface area contributed by atoms with Crippen molar-refractivity contribution in [3.63, 3.8) is 0 Å². The lowest BCUT2D eigenvalue weighted by Gasteiger charge is -2.15. The van der Waals surface area contributed by atoms with Crippen molar-refractivity contribution >= 4 is 29.2 Å². The van der Waals surface area contributed by atoms with Crippen molar-refractivity contribution < 1.29 is 9.90 Å². The van der Waals surface area contributed by atoms with E-state index < -0.39 is 11.5 Å². The number of nitrogens with zero attached hydrogens (tertiary/aromatic N) is 2. The minimum atomic E-state index is -1.18. The van der Waals surface area contributed by atoms with Gasteiger partial charge in [0, 0.05) is 5.69 Å². The van der Waals surface area contributed by atoms with Crippen molar-refractivity contribution in [1.29, 1.82) is 0 Å². The molecule has 0 aliphatic carbocycles. The summed E-state index contributed by atoms with van der Waals surface area (Å²) in [7, 11) is 0. The Bertz CT molecular complexity index is 1110. The van der Waals surface area contributed by atoms with Gasteiger partial charge in [-0.15, -0.1) is 0 Å². The lowest BCUT2D eigenvalue weighted by molar-refractivity contribution is 0.0698. The zero-order valence-electron chi connectivity index (χ0n) is 13.4. The molecule has 2 heterocycles. The number of rotatable bonds is 2. The Morgan fingerprint density at radius 2 is 1.96 bits per heavy atom. The van der Waals surface area contributed by atoms with Crippen LogP contribution in [0.5, 0.6) is 0 Å². The van der Waals surface area contributed by atoms with Crippen molar-refractivity contribution in [3.8, 4) is 5.69 Å². The molecule has 24 heavy (non-hydrogen) atoms. The number of carboxylic acids is 1. The molecule has 122 valence electrons. The third-order valence-corrected chi connectivity index (χ3v) is 4.11. The van der Waals surface area contributed by atoms with E-state index in [1.807, 2.05) is 32.0 Å². The van der Waals surface area contributed by atoms with Crippen LogP contribution >= 0.6 is 12.2 Å². The van der Waals surface area contributed by atoms with Gasteiger partial charge in [-0.25, -0.2) is 9.78 Å². The summed E-state index contributed by atoms with van der Waals surface area (Å²) in [5, 5.41) is 9.46. The maximum Gasteiger partial charge on any atom is 0.336 e. The molecule has 0 amide bonds. The lowest BCUT2D eigenvalue weighted by Crippen LogP contribution is -2.19. The SMILES string of the molecule is Cc1ccc(C)c(-n2c(=S)[nH]c(=O)c3c(C(=O)O)cc(C)nc32)c1. The van der Waals surface area contributed by atoms with Crippen LogP contribution < -0.4 is 5.56 Å². The van der Waals surface area contributed by atoms with Crippen LogP contribution in [0, 0.1) is 25.5 Å². The molecule has 0 aliphatic rings. The molecule has 0 fully saturated rings. The second-order valence-electron chi connectivity index (χ2n) is 5.70. The molecule has 0 atom stereocenters. The summed E-state index contributed by atoms with van der Waals surface area (Å²) in [5.74, 6) is -1.18. The minimum absolute atomic E-state index is 0.0163. The Balaban J connectivity index is 2.59. The summed E-state index contributed by atoms with van der Waals surface area (Å²) in [6, 6.07) is 7.22. The van der Waals surface area contributed by atoms with Gasteiger partial charge in [-0.2, -0.15) is 0 Å². The molecular formula is C17H15N3O3S. The first-order valence-electron chi connectivity index (χ1n) is 7.27. The third kappa shape index (κ3) is 2.52. The number of hydrogen-bond donors (Lipinski definition) is 2. The van der Waals surface area contributed by atoms with Gasteiger partial charge >= 0.3 is 5.97 Å². The molecule has 0 unspecified atom stereocenters. The Hall–Kier alpha value is -2.80. The largest absolute Gasteiger partial charge is 0.478 e. The van der Waals surface area contributed by atoms with Crippen molar-refractivity contribution in [2.24, 2.45) is 0 Å². The molecule has 1 aromatic carbocycles. The third-order valence-electron chi connectivity index (χ3n) is 3.83. The summed E-state index contributed by atoms with van der Waals surface area (Å²) in [5.41, 5.74) is 2.81. The molecule has 0 spiro atoms. The van der Waals surface area contributed by atoms with E-state index >= 15 is 0 Å². The summed E-state index contributed by atoms with van der Waals surface area (Å²) in [4.78, 5) is 30.9. The highest BCUT2D eigenvalue weighted by atomic mass is 32.1. The second-order valence-corrected chi connectivity index (χ2v) is 6.09. The first-order chi connectivity index (χ1) is 11.3. The second kappa shape index (κ2) is 5.68. The van der Waals surface area contributed by atoms with Gasteiger partial charge in [-0.1, -0.05) is 12.1 Å². The molecular weight excluding hydrogens is 326 g/mol. The van der Waals surface area contributed by atoms with Crippen molar-refractivity contribution in [2.75, 3.05) is 0 Å². The standard InChI is InChI=1S/C17H15N3O3S/c1-8-4-5-9(2)12(6-8)20-14-13(15(21)19-17(20)24)11(16(22)23)7-10(3)18-14/h4-7H,1-3H3,(H,22,23)(H,19,21,24). The molecule has 3 aromatic rings. The maximum atomic E-state index is 12.3. The minimum Gasteiger partial charge on any atom is -0.478 e. The predicted octanol–water partition coefficient (Wildman–Crippen LogP) is 3.07. The van der Waals surface area contributed by atoms with Gasteiger partial charge in [-0.3, -0.25) is 14.3 Å². The quantitative estimate of drug-likeness (QED) is 0.700. The first kappa shape index (κ1) is 16.1. The summed E-state index contributed by atoms with van der Waals surface area (Å²) in [6.07, 6.45) is 0. The van der Waals surface area contributed by atoms with Crippen LogP contribution in [0.25, 0.3) is 16.7 Å². The van der Waals surface area contributed by atoms with Crippen LogP contribution in [0.1, 0.15) is 27.2 Å². The summed E-state index contributed by atoms with van der Waals surface area (Å²) < 4.78 is 1.80. The molecule has 7 heteroatoms. The molecule has 6 nitrogen and oxygen atoms in total.